The van der Waals surface area contributed by atoms with E-state index in [1.807, 2.05) is 41.5 Å². The molecule has 0 aliphatic carbocycles. The van der Waals surface area contributed by atoms with E-state index in [0.717, 1.165) is 0 Å². The van der Waals surface area contributed by atoms with Crippen molar-refractivity contribution in [2.45, 2.75) is 52.4 Å². The van der Waals surface area contributed by atoms with Crippen LogP contribution >= 0.6 is 23.2 Å². The van der Waals surface area contributed by atoms with Gasteiger partial charge in [0.2, 0.25) is 5.75 Å². The molecule has 0 amide bonds. The highest BCUT2D eigenvalue weighted by Gasteiger charge is 2.33. The van der Waals surface area contributed by atoms with E-state index in [1.165, 1.54) is 0 Å². The van der Waals surface area contributed by atoms with E-state index in [4.69, 9.17) is 23.2 Å². The molecule has 0 saturated heterocycles. The molecule has 1 radical (unpaired) electrons. The van der Waals surface area contributed by atoms with Crippen molar-refractivity contribution < 1.29 is 10.2 Å². The molecule has 1 rings (SSSR count). The minimum Gasteiger partial charge on any atom is -0.504 e. The number of benzene rings is 1. The van der Waals surface area contributed by atoms with Crippen LogP contribution in [-0.4, -0.2) is 5.11 Å². The lowest BCUT2D eigenvalue weighted by Gasteiger charge is -2.28. The Morgan fingerprint density at radius 2 is 1.17 bits per heavy atom. The van der Waals surface area contributed by atoms with Crippen LogP contribution in [0.3, 0.4) is 0 Å². The van der Waals surface area contributed by atoms with Crippen molar-refractivity contribution in [3.05, 3.63) is 21.2 Å². The molecule has 2 nitrogen and oxygen atoms in total. The summed E-state index contributed by atoms with van der Waals surface area (Å²) in [6.07, 6.45) is 0. The standard InChI is InChI=1S/C14H19Cl2O2/c1-13(2,3)7-9(15)10(16)8(14(4,5)6)12(18)11(7)17/h17H,1-6H3. The second kappa shape index (κ2) is 4.50. The van der Waals surface area contributed by atoms with Crippen LogP contribution in [0.4, 0.5) is 0 Å². The molecular formula is C14H19Cl2O2. The Kier molecular flexibility index (Phi) is 3.86. The van der Waals surface area contributed by atoms with Crippen LogP contribution in [-0.2, 0) is 15.9 Å². The maximum atomic E-state index is 12.3. The lowest BCUT2D eigenvalue weighted by molar-refractivity contribution is 0.308. The molecule has 1 aromatic carbocycles. The van der Waals surface area contributed by atoms with Gasteiger partial charge >= 0.3 is 0 Å². The third-order valence-corrected chi connectivity index (χ3v) is 3.66. The number of phenols is 1. The minimum absolute atomic E-state index is 0.247. The molecule has 0 fully saturated rings. The van der Waals surface area contributed by atoms with Crippen LogP contribution < -0.4 is 0 Å². The first kappa shape index (κ1) is 15.5. The van der Waals surface area contributed by atoms with Crippen molar-refractivity contribution in [1.29, 1.82) is 0 Å². The molecule has 0 spiro atoms. The zero-order valence-corrected chi connectivity index (χ0v) is 13.1. The average molecular weight is 290 g/mol. The van der Waals surface area contributed by atoms with Crippen LogP contribution in [0.25, 0.3) is 0 Å². The van der Waals surface area contributed by atoms with E-state index < -0.39 is 16.6 Å². The maximum Gasteiger partial charge on any atom is 0.225 e. The molecule has 0 aliphatic heterocycles. The van der Waals surface area contributed by atoms with Crippen LogP contribution in [0.2, 0.25) is 10.0 Å². The van der Waals surface area contributed by atoms with Crippen molar-refractivity contribution in [2.24, 2.45) is 0 Å². The van der Waals surface area contributed by atoms with E-state index in [9.17, 15) is 10.2 Å². The van der Waals surface area contributed by atoms with Gasteiger partial charge in [-0.3, -0.25) is 5.11 Å². The summed E-state index contributed by atoms with van der Waals surface area (Å²) >= 11 is 12.5. The smallest absolute Gasteiger partial charge is 0.225 e. The summed E-state index contributed by atoms with van der Waals surface area (Å²) in [7, 11) is 0. The Morgan fingerprint density at radius 1 is 0.833 bits per heavy atom. The van der Waals surface area contributed by atoms with Gasteiger partial charge in [-0.25, -0.2) is 0 Å². The number of rotatable bonds is 0. The quantitative estimate of drug-likeness (QED) is 0.679. The molecule has 1 N–H and O–H groups in total. The van der Waals surface area contributed by atoms with Gasteiger partial charge in [0.05, 0.1) is 10.0 Å². The second-order valence-corrected chi connectivity index (χ2v) is 7.31. The van der Waals surface area contributed by atoms with Gasteiger partial charge in [-0.1, -0.05) is 64.7 Å². The molecule has 0 heterocycles. The molecular weight excluding hydrogens is 271 g/mol. The molecule has 18 heavy (non-hydrogen) atoms. The van der Waals surface area contributed by atoms with Crippen molar-refractivity contribution in [2.75, 3.05) is 0 Å². The fourth-order valence-electron chi connectivity index (χ4n) is 2.01. The topological polar surface area (TPSA) is 40.1 Å². The monoisotopic (exact) mass is 289 g/mol. The van der Waals surface area contributed by atoms with Crippen molar-refractivity contribution in [3.63, 3.8) is 0 Å². The van der Waals surface area contributed by atoms with Gasteiger partial charge in [0.1, 0.15) is 0 Å². The summed E-state index contributed by atoms with van der Waals surface area (Å²) in [5.41, 5.74) is -0.140. The maximum absolute atomic E-state index is 12.3. The number of phenolic OH excluding ortho intramolecular Hbond substituents is 1. The summed E-state index contributed by atoms with van der Waals surface area (Å²) in [6.45, 7) is 11.2. The van der Waals surface area contributed by atoms with Gasteiger partial charge < -0.3 is 5.11 Å². The highest BCUT2D eigenvalue weighted by molar-refractivity contribution is 6.43. The predicted molar refractivity (Wildman–Crippen MR) is 75.7 cm³/mol. The zero-order valence-electron chi connectivity index (χ0n) is 11.6. The van der Waals surface area contributed by atoms with Gasteiger partial charge in [-0.05, 0) is 10.8 Å². The molecule has 0 atom stereocenters. The second-order valence-electron chi connectivity index (χ2n) is 6.56. The van der Waals surface area contributed by atoms with Crippen LogP contribution in [0.1, 0.15) is 52.7 Å². The zero-order chi connectivity index (χ0) is 14.5. The Hall–Kier alpha value is -0.600. The molecule has 101 valence electrons. The number of aromatic hydroxyl groups is 1. The number of halogens is 2. The van der Waals surface area contributed by atoms with Crippen LogP contribution in [0.15, 0.2) is 0 Å². The Balaban J connectivity index is 3.79. The highest BCUT2D eigenvalue weighted by Crippen LogP contribution is 2.51. The first-order valence-corrected chi connectivity index (χ1v) is 6.56. The molecule has 4 heteroatoms. The van der Waals surface area contributed by atoms with E-state index in [1.54, 1.807) is 0 Å². The molecule has 0 saturated carbocycles. The summed E-state index contributed by atoms with van der Waals surface area (Å²) in [5.74, 6) is -0.719. The Morgan fingerprint density at radius 3 is 1.50 bits per heavy atom. The molecule has 0 aliphatic rings. The van der Waals surface area contributed by atoms with Crippen LogP contribution in [0.5, 0.6) is 11.5 Å². The summed E-state index contributed by atoms with van der Waals surface area (Å²) in [6, 6.07) is 0. The fraction of sp³-hybridized carbons (Fsp3) is 0.571. The fourth-order valence-corrected chi connectivity index (χ4v) is 2.94. The lowest BCUT2D eigenvalue weighted by Crippen LogP contribution is -2.17. The Labute approximate surface area is 119 Å². The van der Waals surface area contributed by atoms with Gasteiger partial charge in [-0.15, -0.1) is 0 Å². The number of hydrogen-bond donors (Lipinski definition) is 1. The van der Waals surface area contributed by atoms with Gasteiger partial charge in [0.15, 0.2) is 5.75 Å². The van der Waals surface area contributed by atoms with Crippen molar-refractivity contribution >= 4 is 23.2 Å². The van der Waals surface area contributed by atoms with Crippen LogP contribution in [0, 0.1) is 0 Å². The van der Waals surface area contributed by atoms with E-state index >= 15 is 0 Å². The molecule has 1 aromatic rings. The third-order valence-electron chi connectivity index (χ3n) is 2.81. The van der Waals surface area contributed by atoms with E-state index in [-0.39, 0.29) is 15.8 Å². The number of hydrogen-bond acceptors (Lipinski definition) is 1. The predicted octanol–water partition coefficient (Wildman–Crippen LogP) is 5.44. The minimum atomic E-state index is -0.467. The lowest BCUT2D eigenvalue weighted by atomic mass is 9.80. The molecule has 0 unspecified atom stereocenters. The summed E-state index contributed by atoms with van der Waals surface area (Å²) < 4.78 is 0. The first-order valence-electron chi connectivity index (χ1n) is 5.81. The summed E-state index contributed by atoms with van der Waals surface area (Å²) in [5, 5.41) is 22.9. The third kappa shape index (κ3) is 2.55. The summed E-state index contributed by atoms with van der Waals surface area (Å²) in [4.78, 5) is 0. The van der Waals surface area contributed by atoms with E-state index in [0.29, 0.717) is 11.1 Å². The normalized spacial score (nSPS) is 12.9. The largest absolute Gasteiger partial charge is 0.504 e. The Bertz CT molecular complexity index is 406. The average Bonchev–Trinajstić information content (AvgIpc) is 2.10. The van der Waals surface area contributed by atoms with Gasteiger partial charge in [0, 0.05) is 11.1 Å². The van der Waals surface area contributed by atoms with Crippen molar-refractivity contribution in [1.82, 2.24) is 0 Å². The highest BCUT2D eigenvalue weighted by atomic mass is 35.5. The molecule has 0 aromatic heterocycles. The van der Waals surface area contributed by atoms with E-state index in [2.05, 4.69) is 0 Å². The van der Waals surface area contributed by atoms with Gasteiger partial charge in [-0.2, -0.15) is 0 Å². The van der Waals surface area contributed by atoms with Gasteiger partial charge in [0.25, 0.3) is 0 Å². The first-order chi connectivity index (χ1) is 7.89. The SMILES string of the molecule is CC(C)(C)c1c([O])c(O)c(C(C)(C)C)c(Cl)c1Cl. The van der Waals surface area contributed by atoms with Crippen molar-refractivity contribution in [3.8, 4) is 11.5 Å². The molecule has 0 bridgehead atoms.